The van der Waals surface area contributed by atoms with Gasteiger partial charge in [0.1, 0.15) is 17.3 Å². The van der Waals surface area contributed by atoms with Crippen LogP contribution in [0.25, 0.3) is 11.3 Å². The standard InChI is InChI=1S/C17H20F2N2S/c1-17(2,3)16-20-14(10-22-16)11-8-12(18)15(13(19)9-11)21-6-4-5-7-21/h8-10H,4-7H2,1-3H3. The van der Waals surface area contributed by atoms with E-state index in [0.717, 1.165) is 30.9 Å². The second kappa shape index (κ2) is 5.61. The third-order valence-electron chi connectivity index (χ3n) is 3.88. The normalized spacial score (nSPS) is 15.6. The zero-order chi connectivity index (χ0) is 15.9. The van der Waals surface area contributed by atoms with E-state index >= 15 is 0 Å². The van der Waals surface area contributed by atoms with Crippen molar-refractivity contribution in [3.05, 3.63) is 34.2 Å². The molecule has 1 aliphatic rings. The number of rotatable bonds is 2. The summed E-state index contributed by atoms with van der Waals surface area (Å²) in [7, 11) is 0. The van der Waals surface area contributed by atoms with Crippen LogP contribution in [0.5, 0.6) is 0 Å². The molecule has 0 amide bonds. The Morgan fingerprint density at radius 1 is 1.09 bits per heavy atom. The van der Waals surface area contributed by atoms with Gasteiger partial charge in [-0.25, -0.2) is 13.8 Å². The first kappa shape index (κ1) is 15.4. The number of nitrogens with zero attached hydrogens (tertiary/aromatic N) is 2. The summed E-state index contributed by atoms with van der Waals surface area (Å²) in [6.45, 7) is 7.67. The van der Waals surface area contributed by atoms with Gasteiger partial charge in [-0.05, 0) is 25.0 Å². The van der Waals surface area contributed by atoms with Crippen molar-refractivity contribution >= 4 is 17.0 Å². The maximum atomic E-state index is 14.4. The molecule has 2 aromatic rings. The quantitative estimate of drug-likeness (QED) is 0.774. The molecule has 0 N–H and O–H groups in total. The predicted octanol–water partition coefficient (Wildman–Crippen LogP) is 4.99. The van der Waals surface area contributed by atoms with Crippen LogP contribution < -0.4 is 4.90 Å². The molecular formula is C17H20F2N2S. The lowest BCUT2D eigenvalue weighted by atomic mass is 9.98. The monoisotopic (exact) mass is 322 g/mol. The Bertz CT molecular complexity index is 659. The van der Waals surface area contributed by atoms with E-state index in [9.17, 15) is 8.78 Å². The fourth-order valence-corrected chi connectivity index (χ4v) is 3.62. The Kier molecular flexibility index (Phi) is 3.93. The van der Waals surface area contributed by atoms with Crippen molar-refractivity contribution in [2.45, 2.75) is 39.0 Å². The zero-order valence-electron chi connectivity index (χ0n) is 13.1. The van der Waals surface area contributed by atoms with Crippen LogP contribution >= 0.6 is 11.3 Å². The summed E-state index contributed by atoms with van der Waals surface area (Å²) < 4.78 is 28.8. The first-order valence-electron chi connectivity index (χ1n) is 7.56. The van der Waals surface area contributed by atoms with Crippen LogP contribution in [-0.4, -0.2) is 18.1 Å². The van der Waals surface area contributed by atoms with Crippen molar-refractivity contribution in [1.29, 1.82) is 0 Å². The van der Waals surface area contributed by atoms with Gasteiger partial charge in [-0.2, -0.15) is 0 Å². The second-order valence-corrected chi connectivity index (χ2v) is 7.63. The van der Waals surface area contributed by atoms with Crippen molar-refractivity contribution in [3.63, 3.8) is 0 Å². The second-order valence-electron chi connectivity index (χ2n) is 6.77. The zero-order valence-corrected chi connectivity index (χ0v) is 13.9. The van der Waals surface area contributed by atoms with Crippen LogP contribution in [0.3, 0.4) is 0 Å². The molecule has 22 heavy (non-hydrogen) atoms. The average molecular weight is 322 g/mol. The predicted molar refractivity (Wildman–Crippen MR) is 87.6 cm³/mol. The van der Waals surface area contributed by atoms with Gasteiger partial charge >= 0.3 is 0 Å². The SMILES string of the molecule is CC(C)(C)c1nc(-c2cc(F)c(N3CCCC3)c(F)c2)cs1. The molecule has 2 heterocycles. The number of benzene rings is 1. The Hall–Kier alpha value is -1.49. The highest BCUT2D eigenvalue weighted by molar-refractivity contribution is 7.10. The molecule has 5 heteroatoms. The van der Waals surface area contributed by atoms with Gasteiger partial charge < -0.3 is 4.90 Å². The van der Waals surface area contributed by atoms with Crippen molar-refractivity contribution in [3.8, 4) is 11.3 Å². The van der Waals surface area contributed by atoms with E-state index in [4.69, 9.17) is 0 Å². The van der Waals surface area contributed by atoms with Crippen LogP contribution in [-0.2, 0) is 5.41 Å². The Morgan fingerprint density at radius 3 is 2.18 bits per heavy atom. The van der Waals surface area contributed by atoms with E-state index in [0.29, 0.717) is 11.3 Å². The third-order valence-corrected chi connectivity index (χ3v) is 5.15. The minimum atomic E-state index is -0.498. The van der Waals surface area contributed by atoms with Crippen LogP contribution in [0, 0.1) is 11.6 Å². The molecular weight excluding hydrogens is 302 g/mol. The van der Waals surface area contributed by atoms with Gasteiger partial charge in [0, 0.05) is 29.4 Å². The molecule has 1 aromatic carbocycles. The van der Waals surface area contributed by atoms with E-state index < -0.39 is 11.6 Å². The lowest BCUT2D eigenvalue weighted by Gasteiger charge is -2.19. The fraction of sp³-hybridized carbons (Fsp3) is 0.471. The van der Waals surface area contributed by atoms with Crippen molar-refractivity contribution in [2.24, 2.45) is 0 Å². The van der Waals surface area contributed by atoms with Gasteiger partial charge in [0.15, 0.2) is 0 Å². The number of hydrogen-bond acceptors (Lipinski definition) is 3. The first-order chi connectivity index (χ1) is 10.4. The summed E-state index contributed by atoms with van der Waals surface area (Å²) in [5.41, 5.74) is 1.19. The molecule has 1 fully saturated rings. The molecule has 0 unspecified atom stereocenters. The highest BCUT2D eigenvalue weighted by Gasteiger charge is 2.23. The smallest absolute Gasteiger partial charge is 0.150 e. The summed E-state index contributed by atoms with van der Waals surface area (Å²) in [4.78, 5) is 6.32. The molecule has 0 aliphatic carbocycles. The summed E-state index contributed by atoms with van der Waals surface area (Å²) >= 11 is 1.53. The van der Waals surface area contributed by atoms with Crippen LogP contribution in [0.1, 0.15) is 38.6 Å². The number of halogens is 2. The van der Waals surface area contributed by atoms with Crippen molar-refractivity contribution in [1.82, 2.24) is 4.98 Å². The molecule has 0 radical (unpaired) electrons. The highest BCUT2D eigenvalue weighted by Crippen LogP contribution is 2.34. The van der Waals surface area contributed by atoms with Gasteiger partial charge in [0.05, 0.1) is 10.7 Å². The Labute approximate surface area is 133 Å². The maximum Gasteiger partial charge on any atom is 0.150 e. The Morgan fingerprint density at radius 2 is 1.68 bits per heavy atom. The van der Waals surface area contributed by atoms with Gasteiger partial charge in [-0.15, -0.1) is 11.3 Å². The molecule has 2 nitrogen and oxygen atoms in total. The molecule has 0 spiro atoms. The molecule has 0 atom stereocenters. The Balaban J connectivity index is 1.97. The first-order valence-corrected chi connectivity index (χ1v) is 8.44. The molecule has 1 aliphatic heterocycles. The summed E-state index contributed by atoms with van der Waals surface area (Å²) in [5, 5.41) is 2.83. The number of hydrogen-bond donors (Lipinski definition) is 0. The van der Waals surface area contributed by atoms with Gasteiger partial charge in [0.2, 0.25) is 0 Å². The van der Waals surface area contributed by atoms with Gasteiger partial charge in [-0.3, -0.25) is 0 Å². The number of anilines is 1. The largest absolute Gasteiger partial charge is 0.367 e. The topological polar surface area (TPSA) is 16.1 Å². The number of aromatic nitrogens is 1. The van der Waals surface area contributed by atoms with E-state index in [1.165, 1.54) is 23.5 Å². The lowest BCUT2D eigenvalue weighted by Crippen LogP contribution is -2.20. The van der Waals surface area contributed by atoms with E-state index in [1.807, 2.05) is 5.38 Å². The third kappa shape index (κ3) is 2.86. The maximum absolute atomic E-state index is 14.4. The molecule has 1 saturated heterocycles. The van der Waals surface area contributed by atoms with E-state index in [2.05, 4.69) is 25.8 Å². The minimum Gasteiger partial charge on any atom is -0.367 e. The summed E-state index contributed by atoms with van der Waals surface area (Å²) in [6, 6.07) is 2.80. The fourth-order valence-electron chi connectivity index (χ4n) is 2.71. The number of thiazole rings is 1. The van der Waals surface area contributed by atoms with Gasteiger partial charge in [0.25, 0.3) is 0 Å². The summed E-state index contributed by atoms with van der Waals surface area (Å²) in [5.74, 6) is -0.996. The minimum absolute atomic E-state index is 0.0600. The lowest BCUT2D eigenvalue weighted by molar-refractivity contribution is 0.578. The van der Waals surface area contributed by atoms with Crippen molar-refractivity contribution in [2.75, 3.05) is 18.0 Å². The van der Waals surface area contributed by atoms with Gasteiger partial charge in [-0.1, -0.05) is 20.8 Å². The highest BCUT2D eigenvalue weighted by atomic mass is 32.1. The average Bonchev–Trinajstić information content (AvgIpc) is 3.08. The molecule has 118 valence electrons. The van der Waals surface area contributed by atoms with Crippen LogP contribution in [0.2, 0.25) is 0 Å². The van der Waals surface area contributed by atoms with Crippen LogP contribution in [0.4, 0.5) is 14.5 Å². The molecule has 3 rings (SSSR count). The summed E-state index contributed by atoms with van der Waals surface area (Å²) in [6.07, 6.45) is 1.98. The van der Waals surface area contributed by atoms with E-state index in [1.54, 1.807) is 4.90 Å². The van der Waals surface area contributed by atoms with Crippen LogP contribution in [0.15, 0.2) is 17.5 Å². The van der Waals surface area contributed by atoms with Crippen molar-refractivity contribution < 1.29 is 8.78 Å². The van der Waals surface area contributed by atoms with E-state index in [-0.39, 0.29) is 11.1 Å². The molecule has 0 saturated carbocycles. The molecule has 1 aromatic heterocycles. The molecule has 0 bridgehead atoms.